The highest BCUT2D eigenvalue weighted by Crippen LogP contribution is 2.30. The van der Waals surface area contributed by atoms with Gasteiger partial charge in [-0.2, -0.15) is 13.2 Å². The van der Waals surface area contributed by atoms with Crippen molar-refractivity contribution < 1.29 is 22.7 Å². The first-order valence-electron chi connectivity index (χ1n) is 8.16. The van der Waals surface area contributed by atoms with E-state index in [2.05, 4.69) is 4.98 Å². The van der Waals surface area contributed by atoms with Gasteiger partial charge >= 0.3 is 6.18 Å². The van der Waals surface area contributed by atoms with Crippen LogP contribution in [0.3, 0.4) is 0 Å². The molecule has 0 aliphatic carbocycles. The van der Waals surface area contributed by atoms with Crippen LogP contribution in [0.5, 0.6) is 5.75 Å². The van der Waals surface area contributed by atoms with Crippen molar-refractivity contribution in [3.8, 4) is 5.75 Å². The molecule has 27 heavy (non-hydrogen) atoms. The van der Waals surface area contributed by atoms with Crippen molar-refractivity contribution in [2.45, 2.75) is 19.6 Å². The summed E-state index contributed by atoms with van der Waals surface area (Å²) in [5.41, 5.74) is 0.606. The van der Waals surface area contributed by atoms with Gasteiger partial charge in [0.15, 0.2) is 5.82 Å². The molecule has 0 unspecified atom stereocenters. The van der Waals surface area contributed by atoms with Gasteiger partial charge in [-0.15, -0.1) is 0 Å². The number of hydrogen-bond donors (Lipinski definition) is 0. The summed E-state index contributed by atoms with van der Waals surface area (Å²) in [5.74, 6) is 0.256. The predicted molar refractivity (Wildman–Crippen MR) is 93.9 cm³/mol. The Morgan fingerprint density at radius 2 is 1.85 bits per heavy atom. The molecule has 0 atom stereocenters. The van der Waals surface area contributed by atoms with Gasteiger partial charge in [0, 0.05) is 18.3 Å². The van der Waals surface area contributed by atoms with Crippen LogP contribution in [-0.2, 0) is 12.7 Å². The Labute approximate surface area is 154 Å². The van der Waals surface area contributed by atoms with Crippen molar-refractivity contribution in [2.75, 3.05) is 7.11 Å². The number of nitrogens with zero attached hydrogens (tertiary/aromatic N) is 2. The van der Waals surface area contributed by atoms with Crippen LogP contribution >= 0.6 is 0 Å². The normalized spacial score (nSPS) is 11.4. The van der Waals surface area contributed by atoms with E-state index in [1.54, 1.807) is 36.9 Å². The summed E-state index contributed by atoms with van der Waals surface area (Å²) in [6.07, 6.45) is -2.81. The maximum Gasteiger partial charge on any atom is 0.416 e. The Morgan fingerprint density at radius 1 is 1.15 bits per heavy atom. The van der Waals surface area contributed by atoms with E-state index in [0.29, 0.717) is 18.0 Å². The van der Waals surface area contributed by atoms with Gasteiger partial charge < -0.3 is 9.30 Å². The van der Waals surface area contributed by atoms with Crippen LogP contribution in [0.15, 0.2) is 54.7 Å². The van der Waals surface area contributed by atoms with Crippen molar-refractivity contribution in [1.29, 1.82) is 0 Å². The third-order valence-corrected chi connectivity index (χ3v) is 4.06. The number of halogens is 3. The first kappa shape index (κ1) is 18.7. The van der Waals surface area contributed by atoms with Crippen LogP contribution in [0.1, 0.15) is 33.0 Å². The average Bonchev–Trinajstić information content (AvgIpc) is 3.01. The minimum absolute atomic E-state index is 0.0496. The number of imidazole rings is 1. The summed E-state index contributed by atoms with van der Waals surface area (Å²) in [4.78, 5) is 17.0. The number of carbonyl (C=O) groups excluding carboxylic acids is 1. The highest BCUT2D eigenvalue weighted by atomic mass is 19.4. The summed E-state index contributed by atoms with van der Waals surface area (Å²) < 4.78 is 45.5. The molecule has 0 fully saturated rings. The van der Waals surface area contributed by atoms with Gasteiger partial charge in [-0.05, 0) is 36.8 Å². The summed E-state index contributed by atoms with van der Waals surface area (Å²) in [6.45, 7) is 2.10. The van der Waals surface area contributed by atoms with Crippen LogP contribution in [0, 0.1) is 6.92 Å². The number of aryl methyl sites for hydroxylation is 1. The molecule has 0 radical (unpaired) electrons. The lowest BCUT2D eigenvalue weighted by atomic mass is 10.1. The lowest BCUT2D eigenvalue weighted by Crippen LogP contribution is -2.13. The second-order valence-corrected chi connectivity index (χ2v) is 6.09. The summed E-state index contributed by atoms with van der Waals surface area (Å²) in [7, 11) is 1.57. The number of benzene rings is 2. The summed E-state index contributed by atoms with van der Waals surface area (Å²) in [6, 6.07) is 11.7. The fourth-order valence-corrected chi connectivity index (χ4v) is 2.74. The number of ether oxygens (including phenoxy) is 1. The van der Waals surface area contributed by atoms with Gasteiger partial charge in [-0.25, -0.2) is 4.98 Å². The smallest absolute Gasteiger partial charge is 0.416 e. The topological polar surface area (TPSA) is 44.1 Å². The number of carbonyl (C=O) groups is 1. The third-order valence-electron chi connectivity index (χ3n) is 4.06. The Kier molecular flexibility index (Phi) is 5.03. The number of alkyl halides is 3. The van der Waals surface area contributed by atoms with E-state index in [1.165, 1.54) is 12.1 Å². The molecule has 1 aromatic heterocycles. The minimum atomic E-state index is -4.51. The number of ketones is 1. The van der Waals surface area contributed by atoms with E-state index in [4.69, 9.17) is 4.74 Å². The molecule has 4 nitrogen and oxygen atoms in total. The highest BCUT2D eigenvalue weighted by Gasteiger charge is 2.31. The second-order valence-electron chi connectivity index (χ2n) is 6.09. The van der Waals surface area contributed by atoms with Crippen molar-refractivity contribution >= 4 is 5.78 Å². The number of methoxy groups -OCH3 is 1. The lowest BCUT2D eigenvalue weighted by Gasteiger charge is -2.10. The van der Waals surface area contributed by atoms with Crippen LogP contribution in [0.4, 0.5) is 13.2 Å². The largest absolute Gasteiger partial charge is 0.497 e. The second kappa shape index (κ2) is 7.26. The van der Waals surface area contributed by atoms with Gasteiger partial charge in [0.2, 0.25) is 5.78 Å². The molecule has 0 bridgehead atoms. The van der Waals surface area contributed by atoms with E-state index in [9.17, 15) is 18.0 Å². The zero-order valence-corrected chi connectivity index (χ0v) is 14.7. The standard InChI is InChI=1S/C20H17F3N2O2/c1-13-11-25(12-14-6-8-17(27-2)9-7-14)19(24-13)18(26)15-4-3-5-16(10-15)20(21,22)23/h3-11H,12H2,1-2H3. The van der Waals surface area contributed by atoms with E-state index in [0.717, 1.165) is 17.7 Å². The first-order valence-corrected chi connectivity index (χ1v) is 8.16. The van der Waals surface area contributed by atoms with Gasteiger partial charge in [-0.3, -0.25) is 4.79 Å². The maximum absolute atomic E-state index is 12.9. The molecule has 2 aromatic carbocycles. The monoisotopic (exact) mass is 374 g/mol. The van der Waals surface area contributed by atoms with Gasteiger partial charge in [0.25, 0.3) is 0 Å². The lowest BCUT2D eigenvalue weighted by molar-refractivity contribution is -0.137. The molecule has 0 aliphatic heterocycles. The molecule has 0 saturated heterocycles. The third kappa shape index (κ3) is 4.19. The molecule has 1 heterocycles. The minimum Gasteiger partial charge on any atom is -0.497 e. The van der Waals surface area contributed by atoms with Crippen LogP contribution in [0.25, 0.3) is 0 Å². The summed E-state index contributed by atoms with van der Waals surface area (Å²) in [5, 5.41) is 0. The number of rotatable bonds is 5. The molecule has 3 rings (SSSR count). The Bertz CT molecular complexity index is 960. The summed E-state index contributed by atoms with van der Waals surface area (Å²) >= 11 is 0. The quantitative estimate of drug-likeness (QED) is 0.618. The van der Waals surface area contributed by atoms with Crippen molar-refractivity contribution in [1.82, 2.24) is 9.55 Å². The van der Waals surface area contributed by atoms with Crippen LogP contribution in [-0.4, -0.2) is 22.4 Å². The Balaban J connectivity index is 1.92. The van der Waals surface area contributed by atoms with Gasteiger partial charge in [0.05, 0.1) is 18.4 Å². The van der Waals surface area contributed by atoms with Gasteiger partial charge in [0.1, 0.15) is 5.75 Å². The van der Waals surface area contributed by atoms with E-state index in [-0.39, 0.29) is 11.4 Å². The van der Waals surface area contributed by atoms with Crippen molar-refractivity contribution in [3.05, 3.63) is 82.9 Å². The van der Waals surface area contributed by atoms with E-state index in [1.807, 2.05) is 12.1 Å². The zero-order chi connectivity index (χ0) is 19.6. The molecule has 140 valence electrons. The number of aromatic nitrogens is 2. The molecular formula is C20H17F3N2O2. The number of hydrogen-bond acceptors (Lipinski definition) is 3. The SMILES string of the molecule is COc1ccc(Cn2cc(C)nc2C(=O)c2cccc(C(F)(F)F)c2)cc1. The molecule has 7 heteroatoms. The molecule has 0 spiro atoms. The molecule has 0 N–H and O–H groups in total. The maximum atomic E-state index is 12.9. The van der Waals surface area contributed by atoms with E-state index >= 15 is 0 Å². The average molecular weight is 374 g/mol. The molecule has 3 aromatic rings. The zero-order valence-electron chi connectivity index (χ0n) is 14.7. The first-order chi connectivity index (χ1) is 12.8. The Morgan fingerprint density at radius 3 is 2.48 bits per heavy atom. The van der Waals surface area contributed by atoms with E-state index < -0.39 is 17.5 Å². The molecule has 0 amide bonds. The Hall–Kier alpha value is -3.09. The fourth-order valence-electron chi connectivity index (χ4n) is 2.74. The predicted octanol–water partition coefficient (Wildman–Crippen LogP) is 4.50. The fraction of sp³-hybridized carbons (Fsp3) is 0.200. The molecule has 0 saturated carbocycles. The highest BCUT2D eigenvalue weighted by molar-refractivity contribution is 6.06. The molecule has 0 aliphatic rings. The van der Waals surface area contributed by atoms with Crippen LogP contribution < -0.4 is 4.74 Å². The van der Waals surface area contributed by atoms with Crippen molar-refractivity contribution in [3.63, 3.8) is 0 Å². The van der Waals surface area contributed by atoms with Crippen LogP contribution in [0.2, 0.25) is 0 Å². The van der Waals surface area contributed by atoms with Gasteiger partial charge in [-0.1, -0.05) is 24.3 Å². The molecular weight excluding hydrogens is 357 g/mol. The van der Waals surface area contributed by atoms with Crippen molar-refractivity contribution in [2.24, 2.45) is 0 Å².